The van der Waals surface area contributed by atoms with Crippen LogP contribution in [0.4, 0.5) is 0 Å². The van der Waals surface area contributed by atoms with Crippen molar-refractivity contribution < 1.29 is 9.90 Å². The molecule has 0 aromatic carbocycles. The van der Waals surface area contributed by atoms with Crippen molar-refractivity contribution in [3.8, 4) is 0 Å². The van der Waals surface area contributed by atoms with Gasteiger partial charge in [0, 0.05) is 36.0 Å². The standard InChI is InChI=1S/C18H28N2O2/c1-12-10-16(13(2)20(12)15-8-9-15)18(22)19-17-7-5-3-4-6-14(17)11-21/h10,14-15,17,21H,3-9,11H2,1-2H3,(H,19,22). The number of rotatable bonds is 4. The van der Waals surface area contributed by atoms with Crippen LogP contribution < -0.4 is 5.32 Å². The molecule has 2 saturated carbocycles. The lowest BCUT2D eigenvalue weighted by Crippen LogP contribution is -2.41. The molecule has 3 rings (SSSR count). The predicted molar refractivity (Wildman–Crippen MR) is 87.1 cm³/mol. The molecule has 2 atom stereocenters. The van der Waals surface area contributed by atoms with Crippen molar-refractivity contribution in [2.75, 3.05) is 6.61 Å². The molecule has 2 aliphatic carbocycles. The number of aliphatic hydroxyl groups is 1. The average Bonchev–Trinajstić information content (AvgIpc) is 3.29. The Morgan fingerprint density at radius 3 is 2.64 bits per heavy atom. The Labute approximate surface area is 132 Å². The van der Waals surface area contributed by atoms with E-state index in [2.05, 4.69) is 23.7 Å². The van der Waals surface area contributed by atoms with Gasteiger partial charge in [0.25, 0.3) is 5.91 Å². The zero-order chi connectivity index (χ0) is 15.7. The normalized spacial score (nSPS) is 25.8. The van der Waals surface area contributed by atoms with Gasteiger partial charge < -0.3 is 15.0 Å². The lowest BCUT2D eigenvalue weighted by atomic mass is 9.95. The fraction of sp³-hybridized carbons (Fsp3) is 0.722. The summed E-state index contributed by atoms with van der Waals surface area (Å²) in [5.41, 5.74) is 3.08. The number of amides is 1. The molecule has 1 heterocycles. The smallest absolute Gasteiger partial charge is 0.253 e. The number of hydrogen-bond donors (Lipinski definition) is 2. The van der Waals surface area contributed by atoms with E-state index in [0.717, 1.165) is 36.9 Å². The van der Waals surface area contributed by atoms with Crippen molar-refractivity contribution in [2.24, 2.45) is 5.92 Å². The summed E-state index contributed by atoms with van der Waals surface area (Å²) in [7, 11) is 0. The van der Waals surface area contributed by atoms with Crippen LogP contribution in [0.3, 0.4) is 0 Å². The zero-order valence-corrected chi connectivity index (χ0v) is 13.8. The van der Waals surface area contributed by atoms with Crippen LogP contribution in [0.5, 0.6) is 0 Å². The van der Waals surface area contributed by atoms with E-state index in [4.69, 9.17) is 0 Å². The second-order valence-electron chi connectivity index (χ2n) is 7.05. The number of carbonyl (C=O) groups is 1. The summed E-state index contributed by atoms with van der Waals surface area (Å²) in [5, 5.41) is 12.8. The summed E-state index contributed by atoms with van der Waals surface area (Å²) in [4.78, 5) is 12.7. The molecule has 2 N–H and O–H groups in total. The number of aromatic nitrogens is 1. The Hall–Kier alpha value is -1.29. The first-order valence-corrected chi connectivity index (χ1v) is 8.72. The molecule has 4 heteroatoms. The largest absolute Gasteiger partial charge is 0.396 e. The number of hydrogen-bond acceptors (Lipinski definition) is 2. The molecule has 0 aliphatic heterocycles. The molecular weight excluding hydrogens is 276 g/mol. The minimum Gasteiger partial charge on any atom is -0.396 e. The molecule has 0 saturated heterocycles. The van der Waals surface area contributed by atoms with E-state index in [1.165, 1.54) is 25.0 Å². The van der Waals surface area contributed by atoms with Crippen LogP contribution in [0.2, 0.25) is 0 Å². The third-order valence-electron chi connectivity index (χ3n) is 5.35. The van der Waals surface area contributed by atoms with Gasteiger partial charge in [0.2, 0.25) is 0 Å². The van der Waals surface area contributed by atoms with Gasteiger partial charge in [0.05, 0.1) is 5.56 Å². The molecule has 4 nitrogen and oxygen atoms in total. The van der Waals surface area contributed by atoms with Crippen LogP contribution >= 0.6 is 0 Å². The highest BCUT2D eigenvalue weighted by molar-refractivity contribution is 5.96. The van der Waals surface area contributed by atoms with Crippen LogP contribution in [0.1, 0.15) is 72.7 Å². The molecule has 122 valence electrons. The molecule has 1 aromatic rings. The first-order valence-electron chi connectivity index (χ1n) is 8.72. The third-order valence-corrected chi connectivity index (χ3v) is 5.35. The summed E-state index contributed by atoms with van der Waals surface area (Å²) in [5.74, 6) is 0.240. The average molecular weight is 304 g/mol. The molecular formula is C18H28N2O2. The molecule has 1 aromatic heterocycles. The molecule has 22 heavy (non-hydrogen) atoms. The van der Waals surface area contributed by atoms with Crippen LogP contribution in [-0.4, -0.2) is 28.2 Å². The topological polar surface area (TPSA) is 54.3 Å². The molecule has 0 bridgehead atoms. The molecule has 2 unspecified atom stereocenters. The lowest BCUT2D eigenvalue weighted by Gasteiger charge is -2.24. The van der Waals surface area contributed by atoms with Crippen LogP contribution in [0.15, 0.2) is 6.07 Å². The second kappa shape index (κ2) is 6.45. The predicted octanol–water partition coefficient (Wildman–Crippen LogP) is 3.11. The summed E-state index contributed by atoms with van der Waals surface area (Å²) in [6, 6.07) is 2.74. The Morgan fingerprint density at radius 1 is 1.23 bits per heavy atom. The van der Waals surface area contributed by atoms with Gasteiger partial charge in [-0.05, 0) is 45.6 Å². The third kappa shape index (κ3) is 3.07. The van der Waals surface area contributed by atoms with Gasteiger partial charge in [0.1, 0.15) is 0 Å². The van der Waals surface area contributed by atoms with E-state index in [-0.39, 0.29) is 24.5 Å². The molecule has 2 aliphatic rings. The number of nitrogens with one attached hydrogen (secondary N) is 1. The Morgan fingerprint density at radius 2 is 1.95 bits per heavy atom. The van der Waals surface area contributed by atoms with Gasteiger partial charge in [-0.2, -0.15) is 0 Å². The van der Waals surface area contributed by atoms with Crippen molar-refractivity contribution in [3.05, 3.63) is 23.0 Å². The number of carbonyl (C=O) groups excluding carboxylic acids is 1. The SMILES string of the molecule is Cc1cc(C(=O)NC2CCCCCC2CO)c(C)n1C1CC1. The minimum absolute atomic E-state index is 0.0327. The van der Waals surface area contributed by atoms with Crippen LogP contribution in [-0.2, 0) is 0 Å². The van der Waals surface area contributed by atoms with Gasteiger partial charge in [-0.25, -0.2) is 0 Å². The maximum absolute atomic E-state index is 12.7. The maximum atomic E-state index is 12.7. The van der Waals surface area contributed by atoms with E-state index in [1.807, 2.05) is 6.07 Å². The van der Waals surface area contributed by atoms with Gasteiger partial charge in [-0.1, -0.05) is 19.3 Å². The Balaban J connectivity index is 1.74. The van der Waals surface area contributed by atoms with E-state index in [0.29, 0.717) is 6.04 Å². The van der Waals surface area contributed by atoms with Crippen LogP contribution in [0, 0.1) is 19.8 Å². The quantitative estimate of drug-likeness (QED) is 0.840. The summed E-state index contributed by atoms with van der Waals surface area (Å²) >= 11 is 0. The fourth-order valence-corrected chi connectivity index (χ4v) is 3.94. The highest BCUT2D eigenvalue weighted by atomic mass is 16.3. The first kappa shape index (κ1) is 15.6. The Kier molecular flexibility index (Phi) is 4.57. The van der Waals surface area contributed by atoms with Crippen molar-refractivity contribution in [1.82, 2.24) is 9.88 Å². The highest BCUT2D eigenvalue weighted by Crippen LogP contribution is 2.38. The summed E-state index contributed by atoms with van der Waals surface area (Å²) < 4.78 is 2.31. The maximum Gasteiger partial charge on any atom is 0.253 e. The summed E-state index contributed by atoms with van der Waals surface area (Å²) in [6.07, 6.45) is 7.97. The highest BCUT2D eigenvalue weighted by Gasteiger charge is 2.30. The molecule has 0 spiro atoms. The molecule has 0 radical (unpaired) electrons. The van der Waals surface area contributed by atoms with Crippen LogP contribution in [0.25, 0.3) is 0 Å². The molecule has 2 fully saturated rings. The minimum atomic E-state index is 0.0327. The number of aryl methyl sites for hydroxylation is 1. The lowest BCUT2D eigenvalue weighted by molar-refractivity contribution is 0.0899. The van der Waals surface area contributed by atoms with Crippen molar-refractivity contribution >= 4 is 5.91 Å². The zero-order valence-electron chi connectivity index (χ0n) is 13.8. The molecule has 1 amide bonds. The van der Waals surface area contributed by atoms with Gasteiger partial charge in [-0.3, -0.25) is 4.79 Å². The van der Waals surface area contributed by atoms with Crippen molar-refractivity contribution in [2.45, 2.75) is 70.9 Å². The Bertz CT molecular complexity index is 546. The van der Waals surface area contributed by atoms with Crippen molar-refractivity contribution in [3.63, 3.8) is 0 Å². The fourth-order valence-electron chi connectivity index (χ4n) is 3.94. The van der Waals surface area contributed by atoms with Gasteiger partial charge in [-0.15, -0.1) is 0 Å². The number of aliphatic hydroxyl groups excluding tert-OH is 1. The van der Waals surface area contributed by atoms with Crippen molar-refractivity contribution in [1.29, 1.82) is 0 Å². The van der Waals surface area contributed by atoms with E-state index in [9.17, 15) is 9.90 Å². The summed E-state index contributed by atoms with van der Waals surface area (Å²) in [6.45, 7) is 4.31. The number of nitrogens with zero attached hydrogens (tertiary/aromatic N) is 1. The van der Waals surface area contributed by atoms with E-state index < -0.39 is 0 Å². The van der Waals surface area contributed by atoms with Gasteiger partial charge >= 0.3 is 0 Å². The van der Waals surface area contributed by atoms with Gasteiger partial charge in [0.15, 0.2) is 0 Å². The van der Waals surface area contributed by atoms with E-state index >= 15 is 0 Å². The first-order chi connectivity index (χ1) is 10.6. The van der Waals surface area contributed by atoms with E-state index in [1.54, 1.807) is 0 Å². The monoisotopic (exact) mass is 304 g/mol. The second-order valence-corrected chi connectivity index (χ2v) is 7.05.